The van der Waals surface area contributed by atoms with Gasteiger partial charge in [0.15, 0.2) is 18.4 Å². The first-order valence-electron chi connectivity index (χ1n) is 5.86. The molecule has 4 atom stereocenters. The maximum atomic E-state index is 11.6. The number of esters is 1. The van der Waals surface area contributed by atoms with Gasteiger partial charge in [0.25, 0.3) is 0 Å². The summed E-state index contributed by atoms with van der Waals surface area (Å²) < 4.78 is 16.3. The van der Waals surface area contributed by atoms with E-state index in [1.165, 1.54) is 0 Å². The number of carbonyl (C=O) groups is 1. The SMILES string of the molecule is [N-]=[N+]=N[C@H]1C(=O)O[C@@H]2COC(c3ccccc3)O[C@@H]21. The van der Waals surface area contributed by atoms with E-state index in [2.05, 4.69) is 10.0 Å². The van der Waals surface area contributed by atoms with Gasteiger partial charge < -0.3 is 14.2 Å². The van der Waals surface area contributed by atoms with Crippen molar-refractivity contribution in [3.63, 3.8) is 0 Å². The van der Waals surface area contributed by atoms with Crippen molar-refractivity contribution in [1.29, 1.82) is 0 Å². The standard InChI is InChI=1S/C12H11N3O4/c13-15-14-9-10-8(18-11(9)16)6-17-12(19-10)7-4-2-1-3-5-7/h1-5,8-10,12H,6H2/t8-,9-,10+,12?/m1/s1. The smallest absolute Gasteiger partial charge is 0.318 e. The molecule has 1 aromatic rings. The lowest BCUT2D eigenvalue weighted by molar-refractivity contribution is -0.244. The third-order valence-electron chi connectivity index (χ3n) is 3.13. The zero-order valence-electron chi connectivity index (χ0n) is 9.88. The van der Waals surface area contributed by atoms with Crippen LogP contribution in [0.15, 0.2) is 35.4 Å². The van der Waals surface area contributed by atoms with E-state index in [9.17, 15) is 4.79 Å². The van der Waals surface area contributed by atoms with Crippen LogP contribution in [0, 0.1) is 0 Å². The van der Waals surface area contributed by atoms with Gasteiger partial charge in [0.1, 0.15) is 6.10 Å². The highest BCUT2D eigenvalue weighted by atomic mass is 16.7. The van der Waals surface area contributed by atoms with Gasteiger partial charge in [0, 0.05) is 10.5 Å². The van der Waals surface area contributed by atoms with Gasteiger partial charge in [-0.1, -0.05) is 35.4 Å². The van der Waals surface area contributed by atoms with Crippen LogP contribution in [-0.2, 0) is 19.0 Å². The van der Waals surface area contributed by atoms with E-state index in [-0.39, 0.29) is 6.61 Å². The first-order valence-corrected chi connectivity index (χ1v) is 5.86. The van der Waals surface area contributed by atoms with Crippen LogP contribution in [0.2, 0.25) is 0 Å². The number of benzene rings is 1. The van der Waals surface area contributed by atoms with Gasteiger partial charge in [-0.2, -0.15) is 0 Å². The van der Waals surface area contributed by atoms with Crippen molar-refractivity contribution in [2.45, 2.75) is 24.5 Å². The van der Waals surface area contributed by atoms with Crippen LogP contribution in [0.3, 0.4) is 0 Å². The second-order valence-electron chi connectivity index (χ2n) is 4.30. The summed E-state index contributed by atoms with van der Waals surface area (Å²) in [7, 11) is 0. The fourth-order valence-electron chi connectivity index (χ4n) is 2.23. The van der Waals surface area contributed by atoms with E-state index in [0.717, 1.165) is 5.56 Å². The monoisotopic (exact) mass is 261 g/mol. The molecule has 0 aliphatic carbocycles. The van der Waals surface area contributed by atoms with E-state index >= 15 is 0 Å². The molecule has 7 nitrogen and oxygen atoms in total. The highest BCUT2D eigenvalue weighted by Crippen LogP contribution is 2.33. The number of ether oxygens (including phenoxy) is 3. The fourth-order valence-corrected chi connectivity index (χ4v) is 2.23. The topological polar surface area (TPSA) is 93.5 Å². The normalized spacial score (nSPS) is 33.2. The first kappa shape index (κ1) is 12.0. The minimum Gasteiger partial charge on any atom is -0.457 e. The van der Waals surface area contributed by atoms with Crippen molar-refractivity contribution >= 4 is 5.97 Å². The zero-order valence-corrected chi connectivity index (χ0v) is 9.88. The number of rotatable bonds is 2. The Labute approximate surface area is 108 Å². The molecule has 0 bridgehead atoms. The molecular formula is C12H11N3O4. The third-order valence-corrected chi connectivity index (χ3v) is 3.13. The molecule has 0 amide bonds. The molecule has 2 aliphatic heterocycles. The van der Waals surface area contributed by atoms with Crippen LogP contribution in [0.25, 0.3) is 10.4 Å². The van der Waals surface area contributed by atoms with E-state index < -0.39 is 30.5 Å². The first-order chi connectivity index (χ1) is 9.29. The molecule has 2 fully saturated rings. The Morgan fingerprint density at radius 2 is 2.11 bits per heavy atom. The lowest BCUT2D eigenvalue weighted by Gasteiger charge is -2.32. The maximum absolute atomic E-state index is 11.6. The molecule has 19 heavy (non-hydrogen) atoms. The van der Waals surface area contributed by atoms with Crippen molar-refractivity contribution in [2.75, 3.05) is 6.61 Å². The molecular weight excluding hydrogens is 250 g/mol. The molecule has 2 heterocycles. The van der Waals surface area contributed by atoms with Gasteiger partial charge in [-0.25, -0.2) is 0 Å². The lowest BCUT2D eigenvalue weighted by Crippen LogP contribution is -2.41. The summed E-state index contributed by atoms with van der Waals surface area (Å²) in [4.78, 5) is 14.2. The van der Waals surface area contributed by atoms with Crippen molar-refractivity contribution in [3.05, 3.63) is 46.3 Å². The van der Waals surface area contributed by atoms with Crippen LogP contribution in [-0.4, -0.2) is 30.8 Å². The minimum absolute atomic E-state index is 0.230. The van der Waals surface area contributed by atoms with Gasteiger partial charge in [0.05, 0.1) is 6.61 Å². The van der Waals surface area contributed by atoms with Crippen molar-refractivity contribution in [1.82, 2.24) is 0 Å². The quantitative estimate of drug-likeness (QED) is 0.350. The molecule has 98 valence electrons. The molecule has 3 rings (SSSR count). The second kappa shape index (κ2) is 4.89. The summed E-state index contributed by atoms with van der Waals surface area (Å²) in [6, 6.07) is 8.42. The summed E-state index contributed by atoms with van der Waals surface area (Å²) in [6.45, 7) is 0.230. The zero-order chi connectivity index (χ0) is 13.2. The van der Waals surface area contributed by atoms with E-state index in [4.69, 9.17) is 19.7 Å². The summed E-state index contributed by atoms with van der Waals surface area (Å²) in [5, 5.41) is 3.44. The molecule has 0 N–H and O–H groups in total. The van der Waals surface area contributed by atoms with Gasteiger partial charge in [-0.05, 0) is 5.53 Å². The Bertz CT molecular complexity index is 529. The highest BCUT2D eigenvalue weighted by Gasteiger charge is 2.49. The second-order valence-corrected chi connectivity index (χ2v) is 4.30. The van der Waals surface area contributed by atoms with Gasteiger partial charge in [-0.3, -0.25) is 4.79 Å². The molecule has 7 heteroatoms. The Morgan fingerprint density at radius 3 is 2.84 bits per heavy atom. The summed E-state index contributed by atoms with van der Waals surface area (Å²) in [6.07, 6.45) is -1.68. The average Bonchev–Trinajstić information content (AvgIpc) is 2.76. The van der Waals surface area contributed by atoms with Crippen LogP contribution in [0.1, 0.15) is 11.9 Å². The largest absolute Gasteiger partial charge is 0.457 e. The summed E-state index contributed by atoms with van der Waals surface area (Å²) in [5.41, 5.74) is 9.33. The average molecular weight is 261 g/mol. The summed E-state index contributed by atoms with van der Waals surface area (Å²) in [5.74, 6) is -0.565. The van der Waals surface area contributed by atoms with Crippen molar-refractivity contribution in [3.8, 4) is 0 Å². The molecule has 0 spiro atoms. The number of fused-ring (bicyclic) bond motifs is 1. The highest BCUT2D eigenvalue weighted by molar-refractivity contribution is 5.79. The number of carbonyl (C=O) groups excluding carboxylic acids is 1. The van der Waals surface area contributed by atoms with Crippen LogP contribution < -0.4 is 0 Å². The lowest BCUT2D eigenvalue weighted by atomic mass is 10.1. The Kier molecular flexibility index (Phi) is 3.08. The number of nitrogens with zero attached hydrogens (tertiary/aromatic N) is 3. The molecule has 1 aromatic carbocycles. The Hall–Kier alpha value is -2.08. The van der Waals surface area contributed by atoms with Crippen molar-refractivity contribution in [2.24, 2.45) is 5.11 Å². The molecule has 0 radical (unpaired) electrons. The van der Waals surface area contributed by atoms with E-state index in [1.807, 2.05) is 30.3 Å². The predicted molar refractivity (Wildman–Crippen MR) is 62.8 cm³/mol. The number of hydrogen-bond acceptors (Lipinski definition) is 5. The third kappa shape index (κ3) is 2.15. The fraction of sp³-hybridized carbons (Fsp3) is 0.417. The van der Waals surface area contributed by atoms with Crippen LogP contribution >= 0.6 is 0 Å². The van der Waals surface area contributed by atoms with Crippen LogP contribution in [0.4, 0.5) is 0 Å². The predicted octanol–water partition coefficient (Wildman–Crippen LogP) is 1.70. The Balaban J connectivity index is 1.81. The molecule has 2 saturated heterocycles. The number of azide groups is 1. The molecule has 2 aliphatic rings. The minimum atomic E-state index is -0.940. The van der Waals surface area contributed by atoms with Gasteiger partial charge in [0.2, 0.25) is 0 Å². The number of hydrogen-bond donors (Lipinski definition) is 0. The maximum Gasteiger partial charge on any atom is 0.318 e. The Morgan fingerprint density at radius 1 is 1.32 bits per heavy atom. The molecule has 1 unspecified atom stereocenters. The van der Waals surface area contributed by atoms with E-state index in [0.29, 0.717) is 0 Å². The summed E-state index contributed by atoms with van der Waals surface area (Å²) >= 11 is 0. The van der Waals surface area contributed by atoms with E-state index in [1.54, 1.807) is 0 Å². The van der Waals surface area contributed by atoms with Crippen molar-refractivity contribution < 1.29 is 19.0 Å². The van der Waals surface area contributed by atoms with Crippen LogP contribution in [0.5, 0.6) is 0 Å². The van der Waals surface area contributed by atoms with Gasteiger partial charge in [-0.15, -0.1) is 0 Å². The molecule has 0 saturated carbocycles. The molecule has 0 aromatic heterocycles. The van der Waals surface area contributed by atoms with Gasteiger partial charge >= 0.3 is 5.97 Å².